The smallest absolute Gasteiger partial charge is 0.119 e. The maximum Gasteiger partial charge on any atom is 0.119 e. The molecule has 0 aliphatic rings. The molecule has 2 heteroatoms. The van der Waals surface area contributed by atoms with Crippen molar-refractivity contribution in [1.29, 1.82) is 0 Å². The summed E-state index contributed by atoms with van der Waals surface area (Å²) < 4.78 is 6.29. The number of terminal acetylenes is 1. The Morgan fingerprint density at radius 2 is 1.55 bits per heavy atom. The van der Waals surface area contributed by atoms with Crippen molar-refractivity contribution >= 4 is 0 Å². The molecule has 2 nitrogen and oxygen atoms in total. The molecule has 0 aromatic heterocycles. The first-order valence-corrected chi connectivity index (χ1v) is 7.72. The van der Waals surface area contributed by atoms with E-state index in [1.54, 1.807) is 0 Å². The zero-order chi connectivity index (χ0) is 15.7. The highest BCUT2D eigenvalue weighted by molar-refractivity contribution is 5.36. The Bertz CT molecular complexity index is 547. The highest BCUT2D eigenvalue weighted by Gasteiger charge is 2.34. The van der Waals surface area contributed by atoms with E-state index < -0.39 is 5.60 Å². The molecule has 1 N–H and O–H groups in total. The van der Waals surface area contributed by atoms with Crippen LogP contribution in [0.4, 0.5) is 0 Å². The molecule has 0 saturated heterocycles. The Balaban J connectivity index is 2.38. The van der Waals surface area contributed by atoms with E-state index >= 15 is 0 Å². The van der Waals surface area contributed by atoms with Gasteiger partial charge >= 0.3 is 0 Å². The highest BCUT2D eigenvalue weighted by atomic mass is 16.5. The Kier molecular flexibility index (Phi) is 6.21. The molecule has 0 unspecified atom stereocenters. The first-order valence-electron chi connectivity index (χ1n) is 7.72. The summed E-state index contributed by atoms with van der Waals surface area (Å²) in [6, 6.07) is 20.8. The van der Waals surface area contributed by atoms with Gasteiger partial charge in [0.15, 0.2) is 0 Å². The minimum Gasteiger partial charge on any atom is -0.366 e. The van der Waals surface area contributed by atoms with E-state index in [4.69, 9.17) is 11.2 Å². The lowest BCUT2D eigenvalue weighted by Crippen LogP contribution is -2.35. The first kappa shape index (κ1) is 16.3. The van der Waals surface area contributed by atoms with Gasteiger partial charge in [-0.25, -0.2) is 0 Å². The molecule has 0 saturated carbocycles. The largest absolute Gasteiger partial charge is 0.366 e. The SMILES string of the molecule is C#CCNCCC(OCC)(c1ccccc1)c1ccccc1. The average Bonchev–Trinajstić information content (AvgIpc) is 2.59. The van der Waals surface area contributed by atoms with Gasteiger partial charge in [0.25, 0.3) is 0 Å². The maximum atomic E-state index is 6.29. The zero-order valence-electron chi connectivity index (χ0n) is 13.1. The van der Waals surface area contributed by atoms with Gasteiger partial charge in [-0.15, -0.1) is 6.42 Å². The molecule has 0 heterocycles. The van der Waals surface area contributed by atoms with Crippen LogP contribution in [0.15, 0.2) is 60.7 Å². The third-order valence-corrected chi connectivity index (χ3v) is 3.75. The summed E-state index contributed by atoms with van der Waals surface area (Å²) in [5, 5.41) is 3.27. The molecule has 2 rings (SSSR count). The number of rotatable bonds is 8. The van der Waals surface area contributed by atoms with Crippen molar-refractivity contribution in [2.45, 2.75) is 18.9 Å². The molecule has 114 valence electrons. The quantitative estimate of drug-likeness (QED) is 0.593. The van der Waals surface area contributed by atoms with Gasteiger partial charge in [0.2, 0.25) is 0 Å². The number of hydrogen-bond donors (Lipinski definition) is 1. The van der Waals surface area contributed by atoms with E-state index in [0.29, 0.717) is 13.2 Å². The summed E-state index contributed by atoms with van der Waals surface area (Å²) in [6.45, 7) is 4.06. The van der Waals surface area contributed by atoms with Crippen molar-refractivity contribution in [3.63, 3.8) is 0 Å². The summed E-state index contributed by atoms with van der Waals surface area (Å²) in [7, 11) is 0. The van der Waals surface area contributed by atoms with Gasteiger partial charge in [-0.05, 0) is 31.0 Å². The molecule has 0 spiro atoms. The standard InChI is InChI=1S/C20H23NO/c1-3-16-21-17-15-20(22-4-2,18-11-7-5-8-12-18)19-13-9-6-10-14-19/h1,5-14,21H,4,15-17H2,2H3. The predicted octanol–water partition coefficient (Wildman–Crippen LogP) is 3.58. The molecule has 0 fully saturated rings. The van der Waals surface area contributed by atoms with E-state index in [1.165, 1.54) is 11.1 Å². The predicted molar refractivity (Wildman–Crippen MR) is 91.6 cm³/mol. The lowest BCUT2D eigenvalue weighted by molar-refractivity contribution is -0.0171. The first-order chi connectivity index (χ1) is 10.8. The fourth-order valence-corrected chi connectivity index (χ4v) is 2.78. The fraction of sp³-hybridized carbons (Fsp3) is 0.300. The third-order valence-electron chi connectivity index (χ3n) is 3.75. The molecular weight excluding hydrogens is 270 g/mol. The van der Waals surface area contributed by atoms with Crippen LogP contribution in [0.25, 0.3) is 0 Å². The summed E-state index contributed by atoms with van der Waals surface area (Å²) in [6.07, 6.45) is 6.15. The van der Waals surface area contributed by atoms with Gasteiger partial charge in [-0.1, -0.05) is 66.6 Å². The topological polar surface area (TPSA) is 21.3 Å². The van der Waals surface area contributed by atoms with Crippen molar-refractivity contribution in [3.8, 4) is 12.3 Å². The van der Waals surface area contributed by atoms with Gasteiger partial charge in [0.05, 0.1) is 6.54 Å². The van der Waals surface area contributed by atoms with Crippen molar-refractivity contribution in [1.82, 2.24) is 5.32 Å². The second kappa shape index (κ2) is 8.38. The number of benzene rings is 2. The summed E-state index contributed by atoms with van der Waals surface area (Å²) in [5.74, 6) is 2.61. The number of nitrogens with one attached hydrogen (secondary N) is 1. The number of hydrogen-bond acceptors (Lipinski definition) is 2. The normalized spacial score (nSPS) is 11.1. The van der Waals surface area contributed by atoms with Gasteiger partial charge in [0, 0.05) is 6.61 Å². The molecule has 0 amide bonds. The lowest BCUT2D eigenvalue weighted by Gasteiger charge is -2.35. The molecular formula is C20H23NO. The second-order valence-electron chi connectivity index (χ2n) is 5.12. The van der Waals surface area contributed by atoms with E-state index in [9.17, 15) is 0 Å². The van der Waals surface area contributed by atoms with Crippen LogP contribution >= 0.6 is 0 Å². The van der Waals surface area contributed by atoms with Crippen molar-refractivity contribution in [2.24, 2.45) is 0 Å². The molecule has 0 atom stereocenters. The molecule has 0 aliphatic heterocycles. The van der Waals surface area contributed by atoms with Gasteiger partial charge in [0.1, 0.15) is 5.60 Å². The van der Waals surface area contributed by atoms with Crippen LogP contribution < -0.4 is 5.32 Å². The Morgan fingerprint density at radius 3 is 2.00 bits per heavy atom. The molecule has 0 aliphatic carbocycles. The molecule has 2 aromatic carbocycles. The van der Waals surface area contributed by atoms with E-state index in [2.05, 4.69) is 59.8 Å². The zero-order valence-corrected chi connectivity index (χ0v) is 13.1. The van der Waals surface area contributed by atoms with E-state index in [0.717, 1.165) is 13.0 Å². The van der Waals surface area contributed by atoms with Gasteiger partial charge < -0.3 is 10.1 Å². The van der Waals surface area contributed by atoms with Crippen LogP contribution in [0.1, 0.15) is 24.5 Å². The summed E-state index contributed by atoms with van der Waals surface area (Å²) >= 11 is 0. The highest BCUT2D eigenvalue weighted by Crippen LogP contribution is 2.36. The van der Waals surface area contributed by atoms with Crippen LogP contribution in [-0.2, 0) is 10.3 Å². The van der Waals surface area contributed by atoms with Gasteiger partial charge in [-0.2, -0.15) is 0 Å². The monoisotopic (exact) mass is 293 g/mol. The van der Waals surface area contributed by atoms with Crippen LogP contribution in [0.2, 0.25) is 0 Å². The Hall–Kier alpha value is -2.08. The molecule has 0 bridgehead atoms. The maximum absolute atomic E-state index is 6.29. The van der Waals surface area contributed by atoms with Crippen LogP contribution in [0, 0.1) is 12.3 Å². The minimum atomic E-state index is -0.446. The summed E-state index contributed by atoms with van der Waals surface area (Å²) in [4.78, 5) is 0. The van der Waals surface area contributed by atoms with Crippen molar-refractivity contribution in [3.05, 3.63) is 71.8 Å². The van der Waals surface area contributed by atoms with Crippen molar-refractivity contribution < 1.29 is 4.74 Å². The number of ether oxygens (including phenoxy) is 1. The van der Waals surface area contributed by atoms with Crippen LogP contribution in [0.3, 0.4) is 0 Å². The van der Waals surface area contributed by atoms with Gasteiger partial charge in [-0.3, -0.25) is 0 Å². The Labute approximate surface area is 133 Å². The van der Waals surface area contributed by atoms with Crippen molar-refractivity contribution in [2.75, 3.05) is 19.7 Å². The van der Waals surface area contributed by atoms with E-state index in [-0.39, 0.29) is 0 Å². The second-order valence-corrected chi connectivity index (χ2v) is 5.12. The molecule has 22 heavy (non-hydrogen) atoms. The summed E-state index contributed by atoms with van der Waals surface area (Å²) in [5.41, 5.74) is 1.90. The Morgan fingerprint density at radius 1 is 1.00 bits per heavy atom. The fourth-order valence-electron chi connectivity index (χ4n) is 2.78. The average molecular weight is 293 g/mol. The van der Waals surface area contributed by atoms with E-state index in [1.807, 2.05) is 19.1 Å². The lowest BCUT2D eigenvalue weighted by atomic mass is 9.83. The third kappa shape index (κ3) is 3.76. The molecule has 2 aromatic rings. The minimum absolute atomic E-state index is 0.446. The van der Waals surface area contributed by atoms with Crippen LogP contribution in [-0.4, -0.2) is 19.7 Å². The molecule has 0 radical (unpaired) electrons. The van der Waals surface area contributed by atoms with Crippen LogP contribution in [0.5, 0.6) is 0 Å².